The third kappa shape index (κ3) is 5.57. The first-order valence-electron chi connectivity index (χ1n) is 10.4. The van der Waals surface area contributed by atoms with Crippen LogP contribution in [0.1, 0.15) is 25.8 Å². The van der Waals surface area contributed by atoms with Gasteiger partial charge < -0.3 is 16.4 Å². The average molecular weight is 499 g/mol. The van der Waals surface area contributed by atoms with Crippen LogP contribution in [0.5, 0.6) is 0 Å². The molecular weight excluding hydrogens is 477 g/mol. The number of thiazole rings is 1. The molecule has 0 aliphatic rings. The number of hydrogen-bond acceptors (Lipinski definition) is 6. The first-order chi connectivity index (χ1) is 16.5. The normalized spacial score (nSPS) is 11.4. The van der Waals surface area contributed by atoms with Crippen LogP contribution >= 0.6 is 11.3 Å². The molecule has 2 aromatic carbocycles. The molecule has 4 rings (SSSR count). The SMILES string of the molecule is CC(C)(C)c1nc(-c2ccnc(N)n2)c(-c2cc(F)cc(NC(=O)Nc3ccc(F)cc3F)c2)s1. The lowest BCUT2D eigenvalue weighted by atomic mass is 9.98. The van der Waals surface area contributed by atoms with E-state index in [0.29, 0.717) is 27.9 Å². The summed E-state index contributed by atoms with van der Waals surface area (Å²) in [6.45, 7) is 6.02. The second-order valence-corrected chi connectivity index (χ2v) is 9.68. The third-order valence-electron chi connectivity index (χ3n) is 4.78. The number of amides is 2. The molecule has 2 heterocycles. The highest BCUT2D eigenvalue weighted by Crippen LogP contribution is 2.41. The number of urea groups is 1. The van der Waals surface area contributed by atoms with Gasteiger partial charge >= 0.3 is 6.03 Å². The number of nitrogens with zero attached hydrogens (tertiary/aromatic N) is 3. The fourth-order valence-electron chi connectivity index (χ4n) is 3.18. The summed E-state index contributed by atoms with van der Waals surface area (Å²) in [5.41, 5.74) is 6.80. The minimum absolute atomic E-state index is 0.0741. The number of carbonyl (C=O) groups excluding carboxylic acids is 1. The Balaban J connectivity index is 1.70. The molecule has 0 saturated carbocycles. The highest BCUT2D eigenvalue weighted by atomic mass is 32.1. The molecule has 0 bridgehead atoms. The van der Waals surface area contributed by atoms with Gasteiger partial charge in [0.15, 0.2) is 0 Å². The smallest absolute Gasteiger partial charge is 0.323 e. The third-order valence-corrected chi connectivity index (χ3v) is 6.31. The predicted molar refractivity (Wildman–Crippen MR) is 131 cm³/mol. The molecule has 180 valence electrons. The number of benzene rings is 2. The summed E-state index contributed by atoms with van der Waals surface area (Å²) in [5.74, 6) is -2.24. The molecule has 0 aliphatic heterocycles. The number of nitrogen functional groups attached to an aromatic ring is 1. The molecule has 4 N–H and O–H groups in total. The van der Waals surface area contributed by atoms with E-state index in [4.69, 9.17) is 10.7 Å². The van der Waals surface area contributed by atoms with E-state index < -0.39 is 23.5 Å². The number of aromatic nitrogens is 3. The Morgan fingerprint density at radius 1 is 0.971 bits per heavy atom. The average Bonchev–Trinajstić information content (AvgIpc) is 3.22. The Bertz CT molecular complexity index is 1420. The Morgan fingerprint density at radius 3 is 2.43 bits per heavy atom. The van der Waals surface area contributed by atoms with Crippen molar-refractivity contribution < 1.29 is 18.0 Å². The van der Waals surface area contributed by atoms with Gasteiger partial charge in [0.25, 0.3) is 0 Å². The van der Waals surface area contributed by atoms with Crippen LogP contribution in [-0.4, -0.2) is 21.0 Å². The second-order valence-electron chi connectivity index (χ2n) is 8.68. The van der Waals surface area contributed by atoms with Crippen molar-refractivity contribution in [1.29, 1.82) is 0 Å². The van der Waals surface area contributed by atoms with E-state index >= 15 is 0 Å². The summed E-state index contributed by atoms with van der Waals surface area (Å²) < 4.78 is 41.6. The number of rotatable bonds is 4. The first-order valence-corrected chi connectivity index (χ1v) is 11.3. The van der Waals surface area contributed by atoms with Crippen LogP contribution in [0, 0.1) is 17.5 Å². The Morgan fingerprint density at radius 2 is 1.74 bits per heavy atom. The van der Waals surface area contributed by atoms with Crippen LogP contribution < -0.4 is 16.4 Å². The summed E-state index contributed by atoms with van der Waals surface area (Å²) >= 11 is 1.37. The number of hydrogen-bond donors (Lipinski definition) is 3. The summed E-state index contributed by atoms with van der Waals surface area (Å²) in [4.78, 5) is 25.9. The number of halogens is 3. The monoisotopic (exact) mass is 498 g/mol. The molecule has 0 fully saturated rings. The quantitative estimate of drug-likeness (QED) is 0.310. The molecule has 0 radical (unpaired) electrons. The van der Waals surface area contributed by atoms with Crippen molar-refractivity contribution in [3.63, 3.8) is 0 Å². The molecule has 0 saturated heterocycles. The molecular formula is C24H21F3N6OS. The maximum atomic E-state index is 14.6. The lowest BCUT2D eigenvalue weighted by Gasteiger charge is -2.13. The van der Waals surface area contributed by atoms with E-state index in [1.54, 1.807) is 12.1 Å². The van der Waals surface area contributed by atoms with E-state index in [1.165, 1.54) is 23.6 Å². The predicted octanol–water partition coefficient (Wildman–Crippen LogP) is 6.21. The number of carbonyl (C=O) groups is 1. The molecule has 2 amide bonds. The molecule has 0 atom stereocenters. The Hall–Kier alpha value is -3.99. The fourth-order valence-corrected chi connectivity index (χ4v) is 4.30. The van der Waals surface area contributed by atoms with Gasteiger partial charge in [-0.05, 0) is 42.0 Å². The Labute approximate surface area is 203 Å². The van der Waals surface area contributed by atoms with Gasteiger partial charge in [-0.25, -0.2) is 32.9 Å². The van der Waals surface area contributed by atoms with Gasteiger partial charge in [0.1, 0.15) is 23.1 Å². The lowest BCUT2D eigenvalue weighted by Crippen LogP contribution is -2.20. The van der Waals surface area contributed by atoms with Gasteiger partial charge in [-0.3, -0.25) is 0 Å². The van der Waals surface area contributed by atoms with Crippen LogP contribution in [0.15, 0.2) is 48.7 Å². The van der Waals surface area contributed by atoms with E-state index in [-0.39, 0.29) is 22.7 Å². The molecule has 0 unspecified atom stereocenters. The van der Waals surface area contributed by atoms with Crippen molar-refractivity contribution in [3.8, 4) is 21.8 Å². The molecule has 11 heteroatoms. The largest absolute Gasteiger partial charge is 0.368 e. The van der Waals surface area contributed by atoms with Gasteiger partial charge in [-0.1, -0.05) is 20.8 Å². The topological polar surface area (TPSA) is 106 Å². The van der Waals surface area contributed by atoms with Crippen LogP contribution in [0.2, 0.25) is 0 Å². The van der Waals surface area contributed by atoms with E-state index in [1.807, 2.05) is 20.8 Å². The van der Waals surface area contributed by atoms with Crippen LogP contribution in [0.3, 0.4) is 0 Å². The molecule has 0 aliphatic carbocycles. The van der Waals surface area contributed by atoms with E-state index in [9.17, 15) is 18.0 Å². The van der Waals surface area contributed by atoms with Gasteiger partial charge in [0, 0.05) is 23.4 Å². The van der Waals surface area contributed by atoms with Crippen LogP contribution in [0.4, 0.5) is 35.3 Å². The zero-order valence-electron chi connectivity index (χ0n) is 19.0. The molecule has 7 nitrogen and oxygen atoms in total. The number of nitrogens with two attached hydrogens (primary N) is 1. The molecule has 2 aromatic heterocycles. The molecule has 0 spiro atoms. The van der Waals surface area contributed by atoms with Gasteiger partial charge in [0.2, 0.25) is 5.95 Å². The molecule has 35 heavy (non-hydrogen) atoms. The fraction of sp³-hybridized carbons (Fsp3) is 0.167. The number of anilines is 3. The minimum Gasteiger partial charge on any atom is -0.368 e. The number of nitrogens with one attached hydrogen (secondary N) is 2. The van der Waals surface area contributed by atoms with Crippen molar-refractivity contribution in [2.24, 2.45) is 0 Å². The molecule has 4 aromatic rings. The van der Waals surface area contributed by atoms with Crippen LogP contribution in [0.25, 0.3) is 21.8 Å². The summed E-state index contributed by atoms with van der Waals surface area (Å²) in [6.07, 6.45) is 1.51. The highest BCUT2D eigenvalue weighted by Gasteiger charge is 2.24. The summed E-state index contributed by atoms with van der Waals surface area (Å²) in [6, 6.07) is 7.59. The zero-order valence-corrected chi connectivity index (χ0v) is 19.8. The van der Waals surface area contributed by atoms with Crippen molar-refractivity contribution in [3.05, 3.63) is 71.1 Å². The van der Waals surface area contributed by atoms with Crippen molar-refractivity contribution >= 4 is 34.7 Å². The lowest BCUT2D eigenvalue weighted by molar-refractivity contribution is 0.262. The maximum absolute atomic E-state index is 14.6. The van der Waals surface area contributed by atoms with Crippen LogP contribution in [-0.2, 0) is 5.41 Å². The highest BCUT2D eigenvalue weighted by molar-refractivity contribution is 7.15. The summed E-state index contributed by atoms with van der Waals surface area (Å²) in [7, 11) is 0. The van der Waals surface area contributed by atoms with Gasteiger partial charge in [0.05, 0.1) is 21.3 Å². The zero-order chi connectivity index (χ0) is 25.3. The van der Waals surface area contributed by atoms with Gasteiger partial charge in [-0.15, -0.1) is 11.3 Å². The Kier molecular flexibility index (Phi) is 6.44. The van der Waals surface area contributed by atoms with E-state index in [0.717, 1.165) is 23.2 Å². The summed E-state index contributed by atoms with van der Waals surface area (Å²) in [5, 5.41) is 5.55. The van der Waals surface area contributed by atoms with Gasteiger partial charge in [-0.2, -0.15) is 0 Å². The van der Waals surface area contributed by atoms with E-state index in [2.05, 4.69) is 20.6 Å². The van der Waals surface area contributed by atoms with Crippen molar-refractivity contribution in [2.45, 2.75) is 26.2 Å². The van der Waals surface area contributed by atoms with Crippen molar-refractivity contribution in [2.75, 3.05) is 16.4 Å². The maximum Gasteiger partial charge on any atom is 0.323 e. The first kappa shape index (κ1) is 24.1. The van der Waals surface area contributed by atoms with Crippen molar-refractivity contribution in [1.82, 2.24) is 15.0 Å². The standard InChI is InChI=1S/C24H21F3N6OS/c1-24(2,3)21-33-19(18-6-7-29-22(28)31-18)20(35-21)12-8-14(26)10-15(9-12)30-23(34)32-17-5-4-13(25)11-16(17)27/h4-11H,1-3H3,(H2,28,29,31)(H2,30,32,34). The second kappa shape index (κ2) is 9.34. The minimum atomic E-state index is -0.937.